The fourth-order valence-corrected chi connectivity index (χ4v) is 3.09. The van der Waals surface area contributed by atoms with Gasteiger partial charge in [0.25, 0.3) is 0 Å². The van der Waals surface area contributed by atoms with Crippen LogP contribution >= 0.6 is 31.9 Å². The third-order valence-corrected chi connectivity index (χ3v) is 4.21. The molecule has 0 radical (unpaired) electrons. The van der Waals surface area contributed by atoms with Gasteiger partial charge in [-0.1, -0.05) is 15.9 Å². The van der Waals surface area contributed by atoms with Crippen molar-refractivity contribution >= 4 is 37.5 Å². The smallest absolute Gasteiger partial charge is 0.0522 e. The van der Waals surface area contributed by atoms with Gasteiger partial charge in [-0.3, -0.25) is 0 Å². The van der Waals surface area contributed by atoms with Gasteiger partial charge in [0.15, 0.2) is 0 Å². The fraction of sp³-hybridized carbons (Fsp3) is 0.538. The van der Waals surface area contributed by atoms with Crippen molar-refractivity contribution in [1.29, 1.82) is 0 Å². The minimum absolute atomic E-state index is 0.165. The third-order valence-electron chi connectivity index (χ3n) is 3.04. The predicted octanol–water partition coefficient (Wildman–Crippen LogP) is 3.79. The van der Waals surface area contributed by atoms with Gasteiger partial charge >= 0.3 is 0 Å². The van der Waals surface area contributed by atoms with Gasteiger partial charge in [0.1, 0.15) is 0 Å². The molecule has 0 saturated carbocycles. The second kappa shape index (κ2) is 5.29. The van der Waals surface area contributed by atoms with E-state index < -0.39 is 0 Å². The average molecular weight is 362 g/mol. The first-order valence-corrected chi connectivity index (χ1v) is 7.52. The van der Waals surface area contributed by atoms with E-state index in [0.717, 1.165) is 24.1 Å². The number of halogens is 2. The van der Waals surface area contributed by atoms with Crippen LogP contribution in [0.5, 0.6) is 0 Å². The quantitative estimate of drug-likeness (QED) is 0.818. The molecule has 0 aromatic heterocycles. The summed E-state index contributed by atoms with van der Waals surface area (Å²) in [6.07, 6.45) is 1.18. The molecule has 0 atom stereocenters. The molecule has 2 nitrogen and oxygen atoms in total. The molecule has 0 aliphatic carbocycles. The maximum atomic E-state index is 3.65. The van der Waals surface area contributed by atoms with Gasteiger partial charge < -0.3 is 10.2 Å². The van der Waals surface area contributed by atoms with Crippen molar-refractivity contribution in [3.05, 3.63) is 27.1 Å². The van der Waals surface area contributed by atoms with Gasteiger partial charge in [0, 0.05) is 27.6 Å². The molecule has 0 spiro atoms. The number of hydrogen-bond acceptors (Lipinski definition) is 2. The Kier molecular flexibility index (Phi) is 4.16. The number of anilines is 1. The third kappa shape index (κ3) is 3.46. The normalized spacial score (nSPS) is 20.1. The highest BCUT2D eigenvalue weighted by molar-refractivity contribution is 9.11. The summed E-state index contributed by atoms with van der Waals surface area (Å²) in [5.74, 6) is 0. The topological polar surface area (TPSA) is 15.3 Å². The zero-order chi connectivity index (χ0) is 12.5. The number of rotatable bonds is 1. The van der Waals surface area contributed by atoms with Crippen LogP contribution in [-0.4, -0.2) is 25.2 Å². The monoisotopic (exact) mass is 360 g/mol. The van der Waals surface area contributed by atoms with Crippen molar-refractivity contribution in [3.63, 3.8) is 0 Å². The lowest BCUT2D eigenvalue weighted by molar-refractivity contribution is 0.416. The second-order valence-corrected chi connectivity index (χ2v) is 6.95. The second-order valence-electron chi connectivity index (χ2n) is 5.18. The van der Waals surface area contributed by atoms with Crippen molar-refractivity contribution in [2.45, 2.75) is 25.8 Å². The van der Waals surface area contributed by atoms with Gasteiger partial charge in [-0.05, 0) is 60.9 Å². The average Bonchev–Trinajstić information content (AvgIpc) is 2.43. The van der Waals surface area contributed by atoms with Crippen LogP contribution < -0.4 is 10.2 Å². The van der Waals surface area contributed by atoms with E-state index in [2.05, 4.69) is 74.1 Å². The molecule has 0 amide bonds. The Morgan fingerprint density at radius 3 is 2.82 bits per heavy atom. The molecule has 94 valence electrons. The maximum absolute atomic E-state index is 3.65. The Bertz CT molecular complexity index is 404. The first kappa shape index (κ1) is 13.4. The molecule has 1 aromatic rings. The molecule has 1 N–H and O–H groups in total. The lowest BCUT2D eigenvalue weighted by Gasteiger charge is -2.32. The summed E-state index contributed by atoms with van der Waals surface area (Å²) >= 11 is 7.19. The maximum Gasteiger partial charge on any atom is 0.0522 e. The molecule has 17 heavy (non-hydrogen) atoms. The van der Waals surface area contributed by atoms with Crippen LogP contribution in [0, 0.1) is 0 Å². The lowest BCUT2D eigenvalue weighted by Crippen LogP contribution is -2.46. The minimum atomic E-state index is 0.165. The largest absolute Gasteiger partial charge is 0.369 e. The van der Waals surface area contributed by atoms with E-state index in [1.54, 1.807) is 0 Å². The summed E-state index contributed by atoms with van der Waals surface area (Å²) in [4.78, 5) is 2.45. The molecule has 1 saturated heterocycles. The molecule has 1 aliphatic heterocycles. The first-order chi connectivity index (χ1) is 7.98. The van der Waals surface area contributed by atoms with Gasteiger partial charge in [-0.2, -0.15) is 0 Å². The highest BCUT2D eigenvalue weighted by Gasteiger charge is 2.25. The van der Waals surface area contributed by atoms with Crippen LogP contribution in [-0.2, 0) is 0 Å². The summed E-state index contributed by atoms with van der Waals surface area (Å²) in [6.45, 7) is 7.75. The molecule has 1 aromatic carbocycles. The predicted molar refractivity (Wildman–Crippen MR) is 80.8 cm³/mol. The van der Waals surface area contributed by atoms with E-state index in [0.29, 0.717) is 0 Å². The molecule has 1 heterocycles. The van der Waals surface area contributed by atoms with Crippen LogP contribution in [0.25, 0.3) is 0 Å². The van der Waals surface area contributed by atoms with Crippen LogP contribution in [0.15, 0.2) is 27.1 Å². The molecule has 4 heteroatoms. The van der Waals surface area contributed by atoms with E-state index in [1.165, 1.54) is 16.6 Å². The van der Waals surface area contributed by atoms with E-state index >= 15 is 0 Å². The number of nitrogens with zero attached hydrogens (tertiary/aromatic N) is 1. The zero-order valence-corrected chi connectivity index (χ0v) is 13.4. The Hall–Kier alpha value is -0.0600. The summed E-state index contributed by atoms with van der Waals surface area (Å²) in [5, 5.41) is 3.59. The standard InChI is InChI=1S/C13H18Br2N2/c1-13(2)9-17(7-3-6-16-13)12-8-10(14)4-5-11(12)15/h4-5,8,16H,3,6-7,9H2,1-2H3. The van der Waals surface area contributed by atoms with E-state index in [-0.39, 0.29) is 5.54 Å². The van der Waals surface area contributed by atoms with Crippen LogP contribution in [0.3, 0.4) is 0 Å². The fourth-order valence-electron chi connectivity index (χ4n) is 2.24. The minimum Gasteiger partial charge on any atom is -0.369 e. The highest BCUT2D eigenvalue weighted by Crippen LogP contribution is 2.31. The molecule has 0 unspecified atom stereocenters. The SMILES string of the molecule is CC1(C)CN(c2cc(Br)ccc2Br)CCCN1. The summed E-state index contributed by atoms with van der Waals surface area (Å²) in [7, 11) is 0. The number of benzene rings is 1. The van der Waals surface area contributed by atoms with Crippen LogP contribution in [0.4, 0.5) is 5.69 Å². The Labute approximate surface area is 120 Å². The van der Waals surface area contributed by atoms with Gasteiger partial charge in [0.2, 0.25) is 0 Å². The Balaban J connectivity index is 2.28. The van der Waals surface area contributed by atoms with Gasteiger partial charge in [0.05, 0.1) is 5.69 Å². The summed E-state index contributed by atoms with van der Waals surface area (Å²) in [5.41, 5.74) is 1.44. The van der Waals surface area contributed by atoms with Crippen molar-refractivity contribution < 1.29 is 0 Å². The first-order valence-electron chi connectivity index (χ1n) is 5.93. The zero-order valence-electron chi connectivity index (χ0n) is 10.3. The van der Waals surface area contributed by atoms with E-state index in [9.17, 15) is 0 Å². The molecular formula is C13H18Br2N2. The van der Waals surface area contributed by atoms with Crippen molar-refractivity contribution in [3.8, 4) is 0 Å². The summed E-state index contributed by atoms with van der Waals surface area (Å²) in [6, 6.07) is 6.35. The highest BCUT2D eigenvalue weighted by atomic mass is 79.9. The van der Waals surface area contributed by atoms with Crippen molar-refractivity contribution in [2.24, 2.45) is 0 Å². The van der Waals surface area contributed by atoms with E-state index in [1.807, 2.05) is 0 Å². The van der Waals surface area contributed by atoms with E-state index in [4.69, 9.17) is 0 Å². The molecule has 1 aliphatic rings. The Morgan fingerprint density at radius 1 is 1.29 bits per heavy atom. The van der Waals surface area contributed by atoms with Gasteiger partial charge in [-0.25, -0.2) is 0 Å². The van der Waals surface area contributed by atoms with Crippen LogP contribution in [0.2, 0.25) is 0 Å². The Morgan fingerprint density at radius 2 is 2.06 bits per heavy atom. The molecule has 1 fully saturated rings. The van der Waals surface area contributed by atoms with Gasteiger partial charge in [-0.15, -0.1) is 0 Å². The summed E-state index contributed by atoms with van der Waals surface area (Å²) < 4.78 is 2.30. The number of nitrogens with one attached hydrogen (secondary N) is 1. The number of hydrogen-bond donors (Lipinski definition) is 1. The van der Waals surface area contributed by atoms with Crippen molar-refractivity contribution in [1.82, 2.24) is 5.32 Å². The molecule has 2 rings (SSSR count). The molecule has 0 bridgehead atoms. The van der Waals surface area contributed by atoms with Crippen LogP contribution in [0.1, 0.15) is 20.3 Å². The van der Waals surface area contributed by atoms with Crippen molar-refractivity contribution in [2.75, 3.05) is 24.5 Å². The lowest BCUT2D eigenvalue weighted by atomic mass is 10.1. The molecular weight excluding hydrogens is 344 g/mol.